The predicted molar refractivity (Wildman–Crippen MR) is 73.8 cm³/mol. The van der Waals surface area contributed by atoms with E-state index >= 15 is 0 Å². The smallest absolute Gasteiger partial charge is 0.318 e. The van der Waals surface area contributed by atoms with Crippen molar-refractivity contribution in [1.29, 1.82) is 0 Å². The molecule has 2 rings (SSSR count). The molecular formula is C14H17O4P. The van der Waals surface area contributed by atoms with Gasteiger partial charge in [-0.15, -0.1) is 0 Å². The van der Waals surface area contributed by atoms with Crippen LogP contribution in [0.15, 0.2) is 42.2 Å². The van der Waals surface area contributed by atoms with Gasteiger partial charge in [0, 0.05) is 5.31 Å². The van der Waals surface area contributed by atoms with Gasteiger partial charge in [-0.1, -0.05) is 36.9 Å². The van der Waals surface area contributed by atoms with Crippen molar-refractivity contribution in [3.63, 3.8) is 0 Å². The van der Waals surface area contributed by atoms with Crippen molar-refractivity contribution in [2.45, 2.75) is 12.8 Å². The lowest BCUT2D eigenvalue weighted by molar-refractivity contribution is -0.143. The standard InChI is InChI=1S/C14H17O4P/c1-3-16-14(15)13(12-7-5-4-6-8-12)11(2)19-17-9-10-18-19/h4-8,13H,2-3,9-10H2,1H3. The largest absolute Gasteiger partial charge is 0.465 e. The maximum atomic E-state index is 12.2. The van der Waals surface area contributed by atoms with E-state index in [-0.39, 0.29) is 5.97 Å². The molecule has 5 heteroatoms. The van der Waals surface area contributed by atoms with Gasteiger partial charge in [-0.05, 0) is 12.5 Å². The second-order valence-electron chi connectivity index (χ2n) is 4.01. The lowest BCUT2D eigenvalue weighted by Crippen LogP contribution is -2.17. The number of carbonyl (C=O) groups excluding carboxylic acids is 1. The summed E-state index contributed by atoms with van der Waals surface area (Å²) in [5.41, 5.74) is 0.854. The van der Waals surface area contributed by atoms with E-state index in [0.717, 1.165) is 5.56 Å². The van der Waals surface area contributed by atoms with Gasteiger partial charge < -0.3 is 13.8 Å². The molecule has 1 fully saturated rings. The Kier molecular flexibility index (Phi) is 5.08. The average molecular weight is 280 g/mol. The average Bonchev–Trinajstić information content (AvgIpc) is 2.94. The van der Waals surface area contributed by atoms with Crippen LogP contribution in [-0.2, 0) is 18.6 Å². The van der Waals surface area contributed by atoms with E-state index in [9.17, 15) is 4.79 Å². The van der Waals surface area contributed by atoms with Crippen LogP contribution < -0.4 is 0 Å². The summed E-state index contributed by atoms with van der Waals surface area (Å²) >= 11 is 0. The highest BCUT2D eigenvalue weighted by Gasteiger charge is 2.33. The summed E-state index contributed by atoms with van der Waals surface area (Å²) < 4.78 is 16.1. The molecule has 1 saturated heterocycles. The van der Waals surface area contributed by atoms with Gasteiger partial charge in [0.1, 0.15) is 5.92 Å². The quantitative estimate of drug-likeness (QED) is 0.613. The van der Waals surface area contributed by atoms with Gasteiger partial charge in [0.25, 0.3) is 0 Å². The van der Waals surface area contributed by atoms with Crippen molar-refractivity contribution in [3.05, 3.63) is 47.8 Å². The van der Waals surface area contributed by atoms with Crippen LogP contribution in [0.25, 0.3) is 0 Å². The molecule has 0 N–H and O–H groups in total. The molecular weight excluding hydrogens is 263 g/mol. The van der Waals surface area contributed by atoms with Crippen LogP contribution >= 0.6 is 8.38 Å². The van der Waals surface area contributed by atoms with E-state index < -0.39 is 14.3 Å². The van der Waals surface area contributed by atoms with Gasteiger partial charge in [0.15, 0.2) is 0 Å². The van der Waals surface area contributed by atoms with E-state index in [0.29, 0.717) is 25.1 Å². The van der Waals surface area contributed by atoms with Gasteiger partial charge in [-0.3, -0.25) is 4.79 Å². The van der Waals surface area contributed by atoms with Crippen LogP contribution in [0.3, 0.4) is 0 Å². The summed E-state index contributed by atoms with van der Waals surface area (Å²) in [6.07, 6.45) is 0. The number of ether oxygens (including phenoxy) is 1. The highest BCUT2D eigenvalue weighted by molar-refractivity contribution is 7.52. The third-order valence-corrected chi connectivity index (χ3v) is 4.28. The van der Waals surface area contributed by atoms with Crippen molar-refractivity contribution >= 4 is 14.3 Å². The van der Waals surface area contributed by atoms with Crippen molar-refractivity contribution in [2.24, 2.45) is 0 Å². The van der Waals surface area contributed by atoms with Crippen LogP contribution in [0.5, 0.6) is 0 Å². The van der Waals surface area contributed by atoms with Crippen LogP contribution in [-0.4, -0.2) is 25.8 Å². The highest BCUT2D eigenvalue weighted by Crippen LogP contribution is 2.54. The minimum atomic E-state index is -1.21. The molecule has 19 heavy (non-hydrogen) atoms. The highest BCUT2D eigenvalue weighted by atomic mass is 31.2. The second kappa shape index (κ2) is 6.80. The Morgan fingerprint density at radius 1 is 1.37 bits per heavy atom. The number of rotatable bonds is 5. The SMILES string of the molecule is C=C(C(C(=O)OCC)c1ccccc1)P1OCCO1. The number of hydrogen-bond acceptors (Lipinski definition) is 4. The molecule has 0 radical (unpaired) electrons. The molecule has 1 aromatic carbocycles. The minimum absolute atomic E-state index is 0.305. The topological polar surface area (TPSA) is 44.8 Å². The van der Waals surface area contributed by atoms with E-state index in [1.165, 1.54) is 0 Å². The zero-order chi connectivity index (χ0) is 13.7. The molecule has 0 aliphatic carbocycles. The van der Waals surface area contributed by atoms with E-state index in [1.807, 2.05) is 30.3 Å². The van der Waals surface area contributed by atoms with Gasteiger partial charge in [0.2, 0.25) is 8.38 Å². The Balaban J connectivity index is 2.23. The zero-order valence-electron chi connectivity index (χ0n) is 10.9. The molecule has 4 nitrogen and oxygen atoms in total. The summed E-state index contributed by atoms with van der Waals surface area (Å²) in [5.74, 6) is -0.828. The van der Waals surface area contributed by atoms with Crippen molar-refractivity contribution in [3.8, 4) is 0 Å². The van der Waals surface area contributed by atoms with E-state index in [2.05, 4.69) is 6.58 Å². The Bertz CT molecular complexity index is 440. The van der Waals surface area contributed by atoms with Crippen LogP contribution in [0.1, 0.15) is 18.4 Å². The van der Waals surface area contributed by atoms with Gasteiger partial charge in [0.05, 0.1) is 19.8 Å². The Hall–Kier alpha value is -1.22. The lowest BCUT2D eigenvalue weighted by atomic mass is 9.99. The summed E-state index contributed by atoms with van der Waals surface area (Å²) in [5, 5.41) is 0.650. The van der Waals surface area contributed by atoms with Gasteiger partial charge in [-0.25, -0.2) is 0 Å². The van der Waals surface area contributed by atoms with Crippen molar-refractivity contribution in [2.75, 3.05) is 19.8 Å². The fourth-order valence-electron chi connectivity index (χ4n) is 1.88. The van der Waals surface area contributed by atoms with E-state index in [4.69, 9.17) is 13.8 Å². The van der Waals surface area contributed by atoms with Crippen LogP contribution in [0.4, 0.5) is 0 Å². The molecule has 1 aliphatic rings. The normalized spacial score (nSPS) is 17.1. The first-order valence-electron chi connectivity index (χ1n) is 6.20. The van der Waals surface area contributed by atoms with Gasteiger partial charge in [-0.2, -0.15) is 0 Å². The molecule has 1 heterocycles. The minimum Gasteiger partial charge on any atom is -0.465 e. The first-order valence-corrected chi connectivity index (χ1v) is 7.38. The van der Waals surface area contributed by atoms with Gasteiger partial charge >= 0.3 is 5.97 Å². The van der Waals surface area contributed by atoms with Crippen LogP contribution in [0, 0.1) is 0 Å². The molecule has 0 amide bonds. The van der Waals surface area contributed by atoms with Crippen molar-refractivity contribution < 1.29 is 18.6 Å². The Morgan fingerprint density at radius 2 is 2.00 bits per heavy atom. The lowest BCUT2D eigenvalue weighted by Gasteiger charge is -2.20. The molecule has 0 aromatic heterocycles. The Morgan fingerprint density at radius 3 is 2.58 bits per heavy atom. The third kappa shape index (κ3) is 3.41. The molecule has 0 saturated carbocycles. The second-order valence-corrected chi connectivity index (χ2v) is 5.62. The molecule has 1 unspecified atom stereocenters. The zero-order valence-corrected chi connectivity index (χ0v) is 11.8. The van der Waals surface area contributed by atoms with Crippen LogP contribution in [0.2, 0.25) is 0 Å². The maximum absolute atomic E-state index is 12.2. The molecule has 1 aromatic rings. The fraction of sp³-hybridized carbons (Fsp3) is 0.357. The summed E-state index contributed by atoms with van der Waals surface area (Å²) in [7, 11) is -1.21. The summed E-state index contributed by atoms with van der Waals surface area (Å²) in [6, 6.07) is 9.45. The fourth-order valence-corrected chi connectivity index (χ4v) is 3.24. The first-order chi connectivity index (χ1) is 9.24. The molecule has 1 atom stereocenters. The Labute approximate surface area is 114 Å². The molecule has 102 valence electrons. The molecule has 0 bridgehead atoms. The predicted octanol–water partition coefficient (Wildman–Crippen LogP) is 3.21. The third-order valence-electron chi connectivity index (χ3n) is 2.72. The van der Waals surface area contributed by atoms with E-state index in [1.54, 1.807) is 6.92 Å². The monoisotopic (exact) mass is 280 g/mol. The number of hydrogen-bond donors (Lipinski definition) is 0. The number of esters is 1. The maximum Gasteiger partial charge on any atom is 0.318 e. The first kappa shape index (κ1) is 14.2. The summed E-state index contributed by atoms with van der Waals surface area (Å²) in [4.78, 5) is 12.2. The van der Waals surface area contributed by atoms with Crippen molar-refractivity contribution in [1.82, 2.24) is 0 Å². The number of carbonyl (C=O) groups is 1. The number of benzene rings is 1. The molecule has 1 aliphatic heterocycles. The summed E-state index contributed by atoms with van der Waals surface area (Å²) in [6.45, 7) is 7.23. The molecule has 0 spiro atoms.